The van der Waals surface area contributed by atoms with Gasteiger partial charge in [0.05, 0.1) is 16.4 Å². The molecule has 3 N–H and O–H groups in total. The quantitative estimate of drug-likeness (QED) is 0.803. The molecule has 4 nitrogen and oxygen atoms in total. The Hall–Kier alpha value is -0.810. The number of halogens is 1. The molecule has 0 aliphatic rings. The zero-order valence-corrected chi connectivity index (χ0v) is 10.7. The van der Waals surface area contributed by atoms with Crippen LogP contribution < -0.4 is 11.1 Å². The summed E-state index contributed by atoms with van der Waals surface area (Å²) < 4.78 is 0.910. The molecule has 0 aliphatic carbocycles. The molecule has 0 amide bonds. The van der Waals surface area contributed by atoms with Gasteiger partial charge >= 0.3 is 0 Å². The van der Waals surface area contributed by atoms with Gasteiger partial charge in [0.1, 0.15) is 5.82 Å². The zero-order chi connectivity index (χ0) is 11.3. The average molecular weight is 273 g/mol. The normalized spacial score (nSPS) is 10.7. The molecule has 84 valence electrons. The Balaban J connectivity index is 2.37. The first-order valence-corrected chi connectivity index (χ1v) is 5.68. The van der Waals surface area contributed by atoms with Gasteiger partial charge in [-0.05, 0) is 49.1 Å². The van der Waals surface area contributed by atoms with E-state index in [-0.39, 0.29) is 0 Å². The highest BCUT2D eigenvalue weighted by atomic mass is 79.9. The lowest BCUT2D eigenvalue weighted by atomic mass is 10.4. The third-order valence-corrected chi connectivity index (χ3v) is 2.54. The number of rotatable bonds is 5. The Morgan fingerprint density at radius 1 is 1.53 bits per heavy atom. The van der Waals surface area contributed by atoms with Crippen LogP contribution in [0.3, 0.4) is 0 Å². The van der Waals surface area contributed by atoms with Crippen LogP contribution in [-0.4, -0.2) is 37.1 Å². The van der Waals surface area contributed by atoms with Crippen molar-refractivity contribution in [3.05, 3.63) is 16.7 Å². The van der Waals surface area contributed by atoms with E-state index in [2.05, 4.69) is 45.2 Å². The first-order chi connectivity index (χ1) is 7.09. The minimum Gasteiger partial charge on any atom is -0.397 e. The van der Waals surface area contributed by atoms with Gasteiger partial charge in [0, 0.05) is 6.54 Å². The van der Waals surface area contributed by atoms with Crippen molar-refractivity contribution in [2.45, 2.75) is 6.42 Å². The highest BCUT2D eigenvalue weighted by Crippen LogP contribution is 2.21. The number of anilines is 2. The number of nitrogens with two attached hydrogens (primary N) is 1. The first kappa shape index (κ1) is 12.3. The van der Waals surface area contributed by atoms with Crippen LogP contribution >= 0.6 is 15.9 Å². The van der Waals surface area contributed by atoms with Crippen molar-refractivity contribution in [3.8, 4) is 0 Å². The fraction of sp³-hybridized carbons (Fsp3) is 0.500. The molecule has 1 aromatic heterocycles. The van der Waals surface area contributed by atoms with Crippen molar-refractivity contribution >= 4 is 27.4 Å². The van der Waals surface area contributed by atoms with Gasteiger partial charge in [-0.25, -0.2) is 4.98 Å². The molecule has 0 spiro atoms. The molecule has 0 unspecified atom stereocenters. The molecular weight excluding hydrogens is 256 g/mol. The summed E-state index contributed by atoms with van der Waals surface area (Å²) in [4.78, 5) is 6.36. The Labute approximate surface area is 99.0 Å². The first-order valence-electron chi connectivity index (χ1n) is 4.89. The van der Waals surface area contributed by atoms with Crippen LogP contribution in [0.15, 0.2) is 16.7 Å². The van der Waals surface area contributed by atoms with E-state index >= 15 is 0 Å². The SMILES string of the molecule is CN(C)CCCNc1ncc(N)cc1Br. The average Bonchev–Trinajstić information content (AvgIpc) is 2.14. The molecule has 15 heavy (non-hydrogen) atoms. The van der Waals surface area contributed by atoms with E-state index in [0.717, 1.165) is 29.8 Å². The standard InChI is InChI=1S/C10H17BrN4/c1-15(2)5-3-4-13-10-9(11)6-8(12)7-14-10/h6-7H,3-5,12H2,1-2H3,(H,13,14). The van der Waals surface area contributed by atoms with Crippen LogP contribution in [0.4, 0.5) is 11.5 Å². The van der Waals surface area contributed by atoms with E-state index in [1.165, 1.54) is 0 Å². The molecule has 0 radical (unpaired) electrons. The Morgan fingerprint density at radius 3 is 2.87 bits per heavy atom. The summed E-state index contributed by atoms with van der Waals surface area (Å²) in [5.74, 6) is 0.850. The van der Waals surface area contributed by atoms with Gasteiger partial charge in [0.25, 0.3) is 0 Å². The number of aromatic nitrogens is 1. The number of nitrogens with one attached hydrogen (secondary N) is 1. The highest BCUT2D eigenvalue weighted by Gasteiger charge is 2.00. The second kappa shape index (κ2) is 5.92. The summed E-state index contributed by atoms with van der Waals surface area (Å²) in [6.07, 6.45) is 2.74. The van der Waals surface area contributed by atoms with Crippen LogP contribution in [-0.2, 0) is 0 Å². The molecule has 0 saturated heterocycles. The maximum Gasteiger partial charge on any atom is 0.140 e. The van der Waals surface area contributed by atoms with Crippen LogP contribution in [0.1, 0.15) is 6.42 Å². The summed E-state index contributed by atoms with van der Waals surface area (Å²) in [5.41, 5.74) is 6.26. The number of pyridine rings is 1. The molecule has 0 saturated carbocycles. The smallest absolute Gasteiger partial charge is 0.140 e. The zero-order valence-electron chi connectivity index (χ0n) is 9.13. The van der Waals surface area contributed by atoms with Gasteiger partial charge in [-0.2, -0.15) is 0 Å². The van der Waals surface area contributed by atoms with E-state index in [1.807, 2.05) is 6.07 Å². The van der Waals surface area contributed by atoms with E-state index < -0.39 is 0 Å². The van der Waals surface area contributed by atoms with Crippen LogP contribution in [0.5, 0.6) is 0 Å². The minimum atomic E-state index is 0.667. The number of hydrogen-bond donors (Lipinski definition) is 2. The summed E-state index contributed by atoms with van der Waals surface area (Å²) in [6.45, 7) is 1.98. The molecule has 1 heterocycles. The largest absolute Gasteiger partial charge is 0.397 e. The number of nitrogen functional groups attached to an aromatic ring is 1. The van der Waals surface area contributed by atoms with Gasteiger partial charge in [-0.3, -0.25) is 0 Å². The van der Waals surface area contributed by atoms with Crippen molar-refractivity contribution in [2.24, 2.45) is 0 Å². The van der Waals surface area contributed by atoms with E-state index in [9.17, 15) is 0 Å². The topological polar surface area (TPSA) is 54.2 Å². The molecule has 0 bridgehead atoms. The van der Waals surface area contributed by atoms with Crippen molar-refractivity contribution < 1.29 is 0 Å². The minimum absolute atomic E-state index is 0.667. The second-order valence-electron chi connectivity index (χ2n) is 3.68. The second-order valence-corrected chi connectivity index (χ2v) is 4.54. The predicted octanol–water partition coefficient (Wildman–Crippen LogP) is 1.79. The molecule has 0 fully saturated rings. The van der Waals surface area contributed by atoms with Gasteiger partial charge in [-0.1, -0.05) is 0 Å². The molecule has 0 aliphatic heterocycles. The van der Waals surface area contributed by atoms with Gasteiger partial charge in [-0.15, -0.1) is 0 Å². The third kappa shape index (κ3) is 4.48. The molecule has 1 rings (SSSR count). The Kier molecular flexibility index (Phi) is 4.84. The van der Waals surface area contributed by atoms with E-state index in [1.54, 1.807) is 6.20 Å². The van der Waals surface area contributed by atoms with Crippen molar-refractivity contribution in [2.75, 3.05) is 38.2 Å². The summed E-state index contributed by atoms with van der Waals surface area (Å²) in [5, 5.41) is 3.26. The van der Waals surface area contributed by atoms with Crippen LogP contribution in [0.2, 0.25) is 0 Å². The van der Waals surface area contributed by atoms with E-state index in [4.69, 9.17) is 5.73 Å². The molecule has 0 aromatic carbocycles. The Morgan fingerprint density at radius 2 is 2.27 bits per heavy atom. The van der Waals surface area contributed by atoms with Crippen molar-refractivity contribution in [1.29, 1.82) is 0 Å². The maximum atomic E-state index is 5.60. The summed E-state index contributed by atoms with van der Waals surface area (Å²) in [6, 6.07) is 1.85. The van der Waals surface area contributed by atoms with Gasteiger partial charge < -0.3 is 16.0 Å². The number of nitrogens with zero attached hydrogens (tertiary/aromatic N) is 2. The fourth-order valence-electron chi connectivity index (χ4n) is 1.18. The predicted molar refractivity (Wildman–Crippen MR) is 68.0 cm³/mol. The monoisotopic (exact) mass is 272 g/mol. The Bertz CT molecular complexity index is 314. The van der Waals surface area contributed by atoms with E-state index in [0.29, 0.717) is 5.69 Å². The fourth-order valence-corrected chi connectivity index (χ4v) is 1.69. The summed E-state index contributed by atoms with van der Waals surface area (Å²) >= 11 is 3.41. The molecular formula is C10H17BrN4. The number of hydrogen-bond acceptors (Lipinski definition) is 4. The lowest BCUT2D eigenvalue weighted by Crippen LogP contribution is -2.16. The van der Waals surface area contributed by atoms with Crippen LogP contribution in [0.25, 0.3) is 0 Å². The van der Waals surface area contributed by atoms with Gasteiger partial charge in [0.2, 0.25) is 0 Å². The third-order valence-electron chi connectivity index (χ3n) is 1.94. The van der Waals surface area contributed by atoms with Crippen molar-refractivity contribution in [3.63, 3.8) is 0 Å². The lowest BCUT2D eigenvalue weighted by molar-refractivity contribution is 0.405. The molecule has 5 heteroatoms. The van der Waals surface area contributed by atoms with Crippen molar-refractivity contribution in [1.82, 2.24) is 9.88 Å². The summed E-state index contributed by atoms with van der Waals surface area (Å²) in [7, 11) is 4.13. The lowest BCUT2D eigenvalue weighted by Gasteiger charge is -2.11. The van der Waals surface area contributed by atoms with Crippen LogP contribution in [0, 0.1) is 0 Å². The molecule has 0 atom stereocenters. The van der Waals surface area contributed by atoms with Gasteiger partial charge in [0.15, 0.2) is 0 Å². The molecule has 1 aromatic rings. The highest BCUT2D eigenvalue weighted by molar-refractivity contribution is 9.10. The maximum absolute atomic E-state index is 5.60.